The summed E-state index contributed by atoms with van der Waals surface area (Å²) in [5.41, 5.74) is 15.2. The first-order valence-electron chi connectivity index (χ1n) is 16.3. The number of morpholine rings is 1. The van der Waals surface area contributed by atoms with E-state index in [1.165, 1.54) is 5.01 Å². The van der Waals surface area contributed by atoms with Crippen LogP contribution in [0.2, 0.25) is 0 Å². The lowest BCUT2D eigenvalue weighted by Crippen LogP contribution is -2.59. The number of amides is 1. The summed E-state index contributed by atoms with van der Waals surface area (Å²) in [7, 11) is 1.61. The maximum atomic E-state index is 13.3. The van der Waals surface area contributed by atoms with Crippen molar-refractivity contribution in [3.8, 4) is 11.3 Å². The van der Waals surface area contributed by atoms with Gasteiger partial charge in [-0.2, -0.15) is 0 Å². The number of anilines is 1. The molecule has 2 saturated heterocycles. The molecule has 2 aromatic heterocycles. The van der Waals surface area contributed by atoms with Crippen molar-refractivity contribution in [1.82, 2.24) is 20.0 Å². The van der Waals surface area contributed by atoms with Crippen LogP contribution in [0.15, 0.2) is 43.1 Å². The zero-order chi connectivity index (χ0) is 32.6. The molecular formula is C35H46N6O5. The minimum absolute atomic E-state index is 0.208. The molecule has 246 valence electrons. The highest BCUT2D eigenvalue weighted by atomic mass is 16.5. The number of pyridine rings is 1. The number of rotatable bonds is 4. The second-order valence-electron chi connectivity index (χ2n) is 13.3. The Labute approximate surface area is 270 Å². The lowest BCUT2D eigenvalue weighted by atomic mass is 9.84. The van der Waals surface area contributed by atoms with Crippen molar-refractivity contribution in [2.75, 3.05) is 44.9 Å². The van der Waals surface area contributed by atoms with Crippen LogP contribution in [0.1, 0.15) is 51.3 Å². The van der Waals surface area contributed by atoms with Gasteiger partial charge in [-0.3, -0.25) is 19.6 Å². The minimum Gasteiger partial charge on any atom is -0.495 e. The predicted molar refractivity (Wildman–Crippen MR) is 178 cm³/mol. The number of aryl methyl sites for hydroxylation is 1. The zero-order valence-electron chi connectivity index (χ0n) is 27.4. The number of benzene rings is 1. The molecular weight excluding hydrogens is 584 g/mol. The third-order valence-electron chi connectivity index (χ3n) is 9.38. The molecule has 11 nitrogen and oxygen atoms in total. The third-order valence-corrected chi connectivity index (χ3v) is 9.38. The van der Waals surface area contributed by atoms with Crippen LogP contribution in [-0.4, -0.2) is 84.6 Å². The molecule has 0 saturated carbocycles. The Morgan fingerprint density at radius 1 is 1.24 bits per heavy atom. The molecule has 46 heavy (non-hydrogen) atoms. The zero-order valence-corrected chi connectivity index (χ0v) is 27.4. The fourth-order valence-electron chi connectivity index (χ4n) is 7.03. The highest BCUT2D eigenvalue weighted by molar-refractivity contribution is 5.95. The van der Waals surface area contributed by atoms with Crippen LogP contribution < -0.4 is 16.1 Å². The molecule has 0 aliphatic carbocycles. The number of aromatic nitrogens is 2. The third kappa shape index (κ3) is 6.23. The minimum atomic E-state index is -0.754. The fraction of sp³-hybridized carbons (Fsp3) is 0.514. The van der Waals surface area contributed by atoms with Crippen molar-refractivity contribution >= 4 is 34.2 Å². The lowest BCUT2D eigenvalue weighted by molar-refractivity contribution is -0.155. The van der Waals surface area contributed by atoms with E-state index in [1.807, 2.05) is 6.07 Å². The molecule has 1 aromatic carbocycles. The molecule has 1 amide bonds. The maximum absolute atomic E-state index is 13.3. The van der Waals surface area contributed by atoms with E-state index in [-0.39, 0.29) is 24.6 Å². The number of cyclic esters (lactones) is 1. The standard InChI is InChI=1S/C35H46N6O5/c1-6-40-30-12-11-23-17-26(30)27(32(40)25-9-7-13-37-31(25)22(2)44-5)19-35(3,4)21-46-34(43)29-10-8-14-41(38-29)33(42)28(36)18-24-20-39(23)15-16-45-24/h7,9,11-13,17,24,28-29,38H,2,6,8,10,14-16,18-21,36H2,1,3-5H3/t24-,28-,29-/m0/s1. The van der Waals surface area contributed by atoms with Crippen molar-refractivity contribution in [2.24, 2.45) is 11.1 Å². The van der Waals surface area contributed by atoms with Gasteiger partial charge in [0.2, 0.25) is 0 Å². The van der Waals surface area contributed by atoms with E-state index < -0.39 is 17.5 Å². The molecule has 0 radical (unpaired) electrons. The van der Waals surface area contributed by atoms with E-state index in [1.54, 1.807) is 13.3 Å². The molecule has 3 aliphatic heterocycles. The SMILES string of the molecule is C=C(OC)c1ncccc1-c1c2c3cc(ccc3n1CC)N1CCO[C@@H](C[C@H](N)C(=O)N3CCC[C@H](N3)C(=O)OCC(C)(C)C2)C1. The topological polar surface area (TPSA) is 124 Å². The first-order chi connectivity index (χ1) is 22.1. The van der Waals surface area contributed by atoms with Gasteiger partial charge in [-0.25, -0.2) is 5.43 Å². The highest BCUT2D eigenvalue weighted by Gasteiger charge is 2.35. The normalized spacial score (nSPS) is 24.0. The van der Waals surface area contributed by atoms with E-state index in [9.17, 15) is 9.59 Å². The predicted octanol–water partition coefficient (Wildman–Crippen LogP) is 3.88. The number of fused-ring (bicyclic) bond motifs is 6. The van der Waals surface area contributed by atoms with Gasteiger partial charge in [-0.1, -0.05) is 20.4 Å². The summed E-state index contributed by atoms with van der Waals surface area (Å²) in [5.74, 6) is -0.101. The van der Waals surface area contributed by atoms with Gasteiger partial charge in [-0.05, 0) is 68.5 Å². The largest absolute Gasteiger partial charge is 0.495 e. The number of hydrogen-bond donors (Lipinski definition) is 2. The lowest BCUT2D eigenvalue weighted by Gasteiger charge is -2.37. The molecule has 0 unspecified atom stereocenters. The van der Waals surface area contributed by atoms with Gasteiger partial charge in [0.05, 0.1) is 38.2 Å². The summed E-state index contributed by atoms with van der Waals surface area (Å²) in [4.78, 5) is 33.7. The van der Waals surface area contributed by atoms with Gasteiger partial charge in [0, 0.05) is 59.9 Å². The van der Waals surface area contributed by atoms with Crippen LogP contribution >= 0.6 is 0 Å². The summed E-state index contributed by atoms with van der Waals surface area (Å²) in [6.07, 6.45) is 3.84. The number of nitrogens with zero attached hydrogens (tertiary/aromatic N) is 4. The van der Waals surface area contributed by atoms with E-state index >= 15 is 0 Å². The van der Waals surface area contributed by atoms with E-state index in [2.05, 4.69) is 71.5 Å². The van der Waals surface area contributed by atoms with Crippen molar-refractivity contribution in [2.45, 2.75) is 71.2 Å². The Morgan fingerprint density at radius 2 is 2.07 bits per heavy atom. The van der Waals surface area contributed by atoms with Crippen LogP contribution in [0.4, 0.5) is 5.69 Å². The number of carbonyl (C=O) groups is 2. The smallest absolute Gasteiger partial charge is 0.324 e. The molecule has 6 rings (SSSR count). The van der Waals surface area contributed by atoms with Crippen LogP contribution in [0.25, 0.3) is 27.9 Å². The molecule has 0 spiro atoms. The first kappa shape index (κ1) is 32.0. The molecule has 2 fully saturated rings. The van der Waals surface area contributed by atoms with Crippen molar-refractivity contribution < 1.29 is 23.8 Å². The average Bonchev–Trinajstić information content (AvgIpc) is 3.37. The van der Waals surface area contributed by atoms with Gasteiger partial charge in [0.15, 0.2) is 0 Å². The molecule has 3 N–H and O–H groups in total. The van der Waals surface area contributed by atoms with E-state index in [0.29, 0.717) is 56.8 Å². The molecule has 3 aromatic rings. The van der Waals surface area contributed by atoms with Crippen LogP contribution in [0.5, 0.6) is 0 Å². The Morgan fingerprint density at radius 3 is 2.85 bits per heavy atom. The van der Waals surface area contributed by atoms with E-state index in [0.717, 1.165) is 46.5 Å². The number of carbonyl (C=O) groups excluding carboxylic acids is 2. The number of ether oxygens (including phenoxy) is 3. The number of nitrogens with one attached hydrogen (secondary N) is 1. The number of nitrogens with two attached hydrogens (primary N) is 1. The Bertz CT molecular complexity index is 1630. The molecule has 3 atom stereocenters. The van der Waals surface area contributed by atoms with Crippen molar-refractivity contribution in [1.29, 1.82) is 0 Å². The molecule has 5 heterocycles. The van der Waals surface area contributed by atoms with Gasteiger partial charge >= 0.3 is 5.97 Å². The number of methoxy groups -OCH3 is 1. The van der Waals surface area contributed by atoms with Crippen molar-refractivity contribution in [3.05, 3.63) is 54.4 Å². The van der Waals surface area contributed by atoms with Crippen LogP contribution in [-0.2, 0) is 36.8 Å². The second kappa shape index (κ2) is 13.1. The van der Waals surface area contributed by atoms with Crippen LogP contribution in [0, 0.1) is 5.41 Å². The van der Waals surface area contributed by atoms with Crippen molar-refractivity contribution in [3.63, 3.8) is 0 Å². The summed E-state index contributed by atoms with van der Waals surface area (Å²) in [6, 6.07) is 9.26. The fourth-order valence-corrected chi connectivity index (χ4v) is 7.03. The summed E-state index contributed by atoms with van der Waals surface area (Å²) >= 11 is 0. The Balaban J connectivity index is 1.49. The highest BCUT2D eigenvalue weighted by Crippen LogP contribution is 2.41. The monoisotopic (exact) mass is 630 g/mol. The van der Waals surface area contributed by atoms with Crippen LogP contribution in [0.3, 0.4) is 0 Å². The molecule has 6 bridgehead atoms. The Hall–Kier alpha value is -3.93. The molecule has 11 heteroatoms. The molecule has 3 aliphatic rings. The average molecular weight is 631 g/mol. The van der Waals surface area contributed by atoms with Gasteiger partial charge in [-0.15, -0.1) is 0 Å². The van der Waals surface area contributed by atoms with E-state index in [4.69, 9.17) is 19.9 Å². The van der Waals surface area contributed by atoms with Gasteiger partial charge in [0.25, 0.3) is 5.91 Å². The van der Waals surface area contributed by atoms with Gasteiger partial charge < -0.3 is 29.4 Å². The Kier molecular flexibility index (Phi) is 9.09. The quantitative estimate of drug-likeness (QED) is 0.327. The second-order valence-corrected chi connectivity index (χ2v) is 13.3. The van der Waals surface area contributed by atoms with Gasteiger partial charge in [0.1, 0.15) is 17.5 Å². The number of hydrazine groups is 1. The summed E-state index contributed by atoms with van der Waals surface area (Å²) < 4.78 is 20.0. The maximum Gasteiger partial charge on any atom is 0.324 e. The number of hydrogen-bond acceptors (Lipinski definition) is 9. The summed E-state index contributed by atoms with van der Waals surface area (Å²) in [6.45, 7) is 13.9. The number of esters is 1. The summed E-state index contributed by atoms with van der Waals surface area (Å²) in [5, 5.41) is 2.63. The first-order valence-corrected chi connectivity index (χ1v) is 16.3.